The fourth-order valence-corrected chi connectivity index (χ4v) is 1.98. The molecule has 0 saturated heterocycles. The van der Waals surface area contributed by atoms with Crippen LogP contribution in [0.2, 0.25) is 0 Å². The smallest absolute Gasteiger partial charge is 0.341 e. The zero-order valence-electron chi connectivity index (χ0n) is 13.2. The van der Waals surface area contributed by atoms with Gasteiger partial charge in [0.1, 0.15) is 5.75 Å². The van der Waals surface area contributed by atoms with E-state index >= 15 is 0 Å². The lowest BCUT2D eigenvalue weighted by Gasteiger charge is -2.06. The Labute approximate surface area is 139 Å². The van der Waals surface area contributed by atoms with Gasteiger partial charge in [-0.05, 0) is 41.8 Å². The minimum atomic E-state index is -1.03. The summed E-state index contributed by atoms with van der Waals surface area (Å²) in [5.41, 5.74) is 2.58. The van der Waals surface area contributed by atoms with Gasteiger partial charge in [0, 0.05) is 25.0 Å². The van der Waals surface area contributed by atoms with Crippen LogP contribution in [0.1, 0.15) is 18.1 Å². The fraction of sp³-hybridized carbons (Fsp3) is 0.167. The molecular formula is C18H18N2O4. The number of carbonyl (C=O) groups excluding carboxylic acids is 1. The molecule has 1 aromatic carbocycles. The summed E-state index contributed by atoms with van der Waals surface area (Å²) in [6.45, 7) is 1.86. The third-order valence-corrected chi connectivity index (χ3v) is 3.21. The van der Waals surface area contributed by atoms with Gasteiger partial charge >= 0.3 is 5.97 Å². The summed E-state index contributed by atoms with van der Waals surface area (Å²) in [6.07, 6.45) is 4.90. The molecule has 0 aliphatic carbocycles. The number of aliphatic carboxylic acids is 1. The molecule has 2 rings (SSSR count). The molecule has 1 amide bonds. The number of carboxylic acid groups (broad SMARTS) is 1. The third-order valence-electron chi connectivity index (χ3n) is 3.21. The molecule has 0 aliphatic rings. The van der Waals surface area contributed by atoms with Gasteiger partial charge in [-0.15, -0.1) is 0 Å². The van der Waals surface area contributed by atoms with Crippen LogP contribution < -0.4 is 10.1 Å². The zero-order chi connectivity index (χ0) is 17.4. The summed E-state index contributed by atoms with van der Waals surface area (Å²) in [6, 6.07) is 10.6. The lowest BCUT2D eigenvalue weighted by atomic mass is 10.1. The van der Waals surface area contributed by atoms with Gasteiger partial charge in [0.15, 0.2) is 6.61 Å². The molecule has 0 fully saturated rings. The van der Waals surface area contributed by atoms with Crippen molar-refractivity contribution in [3.63, 3.8) is 0 Å². The number of rotatable bonds is 7. The molecule has 6 nitrogen and oxygen atoms in total. The standard InChI is InChI=1S/C18H18N2O4/c1-13(9-17(21)20-11-14-3-2-8-19-10-14)15-4-6-16(7-5-15)24-12-18(22)23/h2-10H,11-12H2,1H3,(H,20,21)(H,22,23). The number of benzene rings is 1. The molecule has 0 saturated carbocycles. The van der Waals surface area contributed by atoms with E-state index in [0.29, 0.717) is 12.3 Å². The van der Waals surface area contributed by atoms with Crippen molar-refractivity contribution in [2.24, 2.45) is 0 Å². The molecule has 24 heavy (non-hydrogen) atoms. The number of amides is 1. The molecule has 0 radical (unpaired) electrons. The van der Waals surface area contributed by atoms with Crippen molar-refractivity contribution in [3.05, 3.63) is 66.0 Å². The average Bonchev–Trinajstić information content (AvgIpc) is 2.59. The molecule has 0 aliphatic heterocycles. The zero-order valence-corrected chi connectivity index (χ0v) is 13.2. The Morgan fingerprint density at radius 1 is 1.25 bits per heavy atom. The maximum absolute atomic E-state index is 11.9. The molecular weight excluding hydrogens is 308 g/mol. The van der Waals surface area contributed by atoms with Crippen LogP contribution in [0.25, 0.3) is 5.57 Å². The first kappa shape index (κ1) is 17.2. The maximum Gasteiger partial charge on any atom is 0.341 e. The lowest BCUT2D eigenvalue weighted by molar-refractivity contribution is -0.139. The molecule has 0 atom stereocenters. The van der Waals surface area contributed by atoms with E-state index in [-0.39, 0.29) is 12.5 Å². The Bertz CT molecular complexity index is 724. The van der Waals surface area contributed by atoms with E-state index in [1.54, 1.807) is 36.7 Å². The SMILES string of the molecule is CC(=CC(=O)NCc1cccnc1)c1ccc(OCC(=O)O)cc1. The third kappa shape index (κ3) is 5.57. The molecule has 1 aromatic heterocycles. The summed E-state index contributed by atoms with van der Waals surface area (Å²) in [4.78, 5) is 26.4. The number of carbonyl (C=O) groups is 2. The van der Waals surface area contributed by atoms with Crippen molar-refractivity contribution < 1.29 is 19.4 Å². The highest BCUT2D eigenvalue weighted by Gasteiger charge is 2.03. The van der Waals surface area contributed by atoms with Crippen LogP contribution in [0.4, 0.5) is 0 Å². The predicted molar refractivity (Wildman–Crippen MR) is 89.3 cm³/mol. The molecule has 0 spiro atoms. The molecule has 1 heterocycles. The Balaban J connectivity index is 1.91. The van der Waals surface area contributed by atoms with Gasteiger partial charge in [0.05, 0.1) is 0 Å². The monoisotopic (exact) mass is 326 g/mol. The van der Waals surface area contributed by atoms with E-state index in [9.17, 15) is 9.59 Å². The van der Waals surface area contributed by atoms with Gasteiger partial charge in [-0.1, -0.05) is 18.2 Å². The number of aromatic nitrogens is 1. The van der Waals surface area contributed by atoms with Crippen molar-refractivity contribution in [3.8, 4) is 5.75 Å². The minimum absolute atomic E-state index is 0.192. The first-order valence-electron chi connectivity index (χ1n) is 7.34. The van der Waals surface area contributed by atoms with Gasteiger partial charge in [-0.2, -0.15) is 0 Å². The highest BCUT2D eigenvalue weighted by atomic mass is 16.5. The van der Waals surface area contributed by atoms with Gasteiger partial charge < -0.3 is 15.2 Å². The summed E-state index contributed by atoms with van der Waals surface area (Å²) in [5.74, 6) is -0.752. The van der Waals surface area contributed by atoms with E-state index in [4.69, 9.17) is 9.84 Å². The van der Waals surface area contributed by atoms with Crippen LogP contribution in [0, 0.1) is 0 Å². The fourth-order valence-electron chi connectivity index (χ4n) is 1.98. The number of hydrogen-bond acceptors (Lipinski definition) is 4. The van der Waals surface area contributed by atoms with Crippen molar-refractivity contribution in [1.29, 1.82) is 0 Å². The number of nitrogens with one attached hydrogen (secondary N) is 1. The highest BCUT2D eigenvalue weighted by molar-refractivity contribution is 5.94. The second kappa shape index (κ2) is 8.47. The normalized spacial score (nSPS) is 11.0. The van der Waals surface area contributed by atoms with Crippen molar-refractivity contribution in [2.75, 3.05) is 6.61 Å². The summed E-state index contributed by atoms with van der Waals surface area (Å²) in [7, 11) is 0. The molecule has 2 aromatic rings. The van der Waals surface area contributed by atoms with Crippen LogP contribution in [0.3, 0.4) is 0 Å². The van der Waals surface area contributed by atoms with Gasteiger partial charge in [0.25, 0.3) is 0 Å². The first-order chi connectivity index (χ1) is 11.5. The summed E-state index contributed by atoms with van der Waals surface area (Å²) < 4.78 is 5.07. The molecule has 6 heteroatoms. The number of carboxylic acids is 1. The van der Waals surface area contributed by atoms with Crippen LogP contribution >= 0.6 is 0 Å². The van der Waals surface area contributed by atoms with Crippen LogP contribution in [-0.2, 0) is 16.1 Å². The largest absolute Gasteiger partial charge is 0.482 e. The Morgan fingerprint density at radius 2 is 2.00 bits per heavy atom. The van der Waals surface area contributed by atoms with E-state index in [0.717, 1.165) is 16.7 Å². The van der Waals surface area contributed by atoms with Crippen molar-refractivity contribution in [2.45, 2.75) is 13.5 Å². The quantitative estimate of drug-likeness (QED) is 0.762. The molecule has 0 bridgehead atoms. The number of allylic oxidation sites excluding steroid dienone is 1. The van der Waals surface area contributed by atoms with Crippen molar-refractivity contribution >= 4 is 17.4 Å². The number of pyridine rings is 1. The Kier molecular flexibility index (Phi) is 6.08. The van der Waals surface area contributed by atoms with E-state index in [1.807, 2.05) is 19.1 Å². The Hall–Kier alpha value is -3.15. The van der Waals surface area contributed by atoms with Gasteiger partial charge in [-0.25, -0.2) is 4.79 Å². The topological polar surface area (TPSA) is 88.5 Å². The average molecular weight is 326 g/mol. The summed E-state index contributed by atoms with van der Waals surface area (Å²) >= 11 is 0. The maximum atomic E-state index is 11.9. The number of hydrogen-bond donors (Lipinski definition) is 2. The Morgan fingerprint density at radius 3 is 2.62 bits per heavy atom. The van der Waals surface area contributed by atoms with Gasteiger partial charge in [0.2, 0.25) is 5.91 Å². The van der Waals surface area contributed by atoms with E-state index in [2.05, 4.69) is 10.3 Å². The highest BCUT2D eigenvalue weighted by Crippen LogP contribution is 2.18. The van der Waals surface area contributed by atoms with Crippen LogP contribution in [-0.4, -0.2) is 28.6 Å². The van der Waals surface area contributed by atoms with E-state index in [1.165, 1.54) is 6.08 Å². The number of nitrogens with zero attached hydrogens (tertiary/aromatic N) is 1. The van der Waals surface area contributed by atoms with Crippen molar-refractivity contribution in [1.82, 2.24) is 10.3 Å². The predicted octanol–water partition coefficient (Wildman–Crippen LogP) is 2.26. The van der Waals surface area contributed by atoms with Crippen LogP contribution in [0.15, 0.2) is 54.9 Å². The number of ether oxygens (including phenoxy) is 1. The van der Waals surface area contributed by atoms with Gasteiger partial charge in [-0.3, -0.25) is 9.78 Å². The summed E-state index contributed by atoms with van der Waals surface area (Å²) in [5, 5.41) is 11.4. The minimum Gasteiger partial charge on any atom is -0.482 e. The second-order valence-electron chi connectivity index (χ2n) is 5.11. The van der Waals surface area contributed by atoms with E-state index < -0.39 is 5.97 Å². The molecule has 124 valence electrons. The first-order valence-corrected chi connectivity index (χ1v) is 7.34. The molecule has 0 unspecified atom stereocenters. The lowest BCUT2D eigenvalue weighted by Crippen LogP contribution is -2.20. The second-order valence-corrected chi connectivity index (χ2v) is 5.11. The molecule has 2 N–H and O–H groups in total. The van der Waals surface area contributed by atoms with Crippen LogP contribution in [0.5, 0.6) is 5.75 Å².